The first-order valence-corrected chi connectivity index (χ1v) is 7.81. The predicted molar refractivity (Wildman–Crippen MR) is 64.9 cm³/mol. The fraction of sp³-hybridized carbons (Fsp3) is 0.875. The third kappa shape index (κ3) is 3.33. The van der Waals surface area contributed by atoms with Gasteiger partial charge in [-0.2, -0.15) is 4.31 Å². The summed E-state index contributed by atoms with van der Waals surface area (Å²) in [5.74, 6) is 0. The van der Waals surface area contributed by atoms with Crippen LogP contribution in [0.25, 0.3) is 0 Å². The van der Waals surface area contributed by atoms with Gasteiger partial charge in [-0.05, 0) is 6.92 Å². The molecule has 94 valence electrons. The Morgan fingerprint density at radius 2 is 1.88 bits per heavy atom. The van der Waals surface area contributed by atoms with Crippen LogP contribution in [0.1, 0.15) is 6.92 Å². The number of amides is 2. The number of nitrogens with zero attached hydrogens (tertiary/aromatic N) is 2. The van der Waals surface area contributed by atoms with Gasteiger partial charge < -0.3 is 10.2 Å². The van der Waals surface area contributed by atoms with Crippen LogP contribution in [0.15, 0.2) is 0 Å². The van der Waals surface area contributed by atoms with Crippen molar-refractivity contribution in [3.8, 4) is 0 Å². The second-order valence-corrected chi connectivity index (χ2v) is 6.71. The number of hydrogen-bond acceptors (Lipinski definition) is 3. The molecule has 1 aliphatic heterocycles. The number of halogens is 1. The lowest BCUT2D eigenvalue weighted by atomic mass is 10.4. The van der Waals surface area contributed by atoms with E-state index >= 15 is 0 Å². The molecule has 1 rings (SSSR count). The summed E-state index contributed by atoms with van der Waals surface area (Å²) in [4.78, 5) is 13.1. The summed E-state index contributed by atoms with van der Waals surface area (Å²) in [6, 6.07) is -0.126. The van der Waals surface area contributed by atoms with E-state index in [1.807, 2.05) is 6.92 Å². The van der Waals surface area contributed by atoms with Crippen LogP contribution in [0.5, 0.6) is 0 Å². The van der Waals surface area contributed by atoms with Gasteiger partial charge in [0.15, 0.2) is 0 Å². The van der Waals surface area contributed by atoms with Crippen LogP contribution in [0.4, 0.5) is 4.79 Å². The smallest absolute Gasteiger partial charge is 0.317 e. The Kier molecular flexibility index (Phi) is 5.00. The Morgan fingerprint density at radius 1 is 1.31 bits per heavy atom. The molecule has 0 saturated carbocycles. The van der Waals surface area contributed by atoms with Crippen LogP contribution >= 0.6 is 15.9 Å². The molecule has 2 amide bonds. The van der Waals surface area contributed by atoms with E-state index in [2.05, 4.69) is 21.2 Å². The van der Waals surface area contributed by atoms with E-state index < -0.39 is 10.0 Å². The van der Waals surface area contributed by atoms with E-state index in [1.165, 1.54) is 4.31 Å². The van der Waals surface area contributed by atoms with E-state index in [4.69, 9.17) is 0 Å². The second-order valence-electron chi connectivity index (χ2n) is 3.44. The van der Waals surface area contributed by atoms with Crippen molar-refractivity contribution in [2.45, 2.75) is 6.92 Å². The minimum Gasteiger partial charge on any atom is -0.338 e. The molecule has 0 aliphatic carbocycles. The lowest BCUT2D eigenvalue weighted by Gasteiger charge is -2.33. The van der Waals surface area contributed by atoms with Gasteiger partial charge in [0.2, 0.25) is 10.0 Å². The summed E-state index contributed by atoms with van der Waals surface area (Å²) >= 11 is 2.95. The van der Waals surface area contributed by atoms with Crippen molar-refractivity contribution in [1.29, 1.82) is 0 Å². The van der Waals surface area contributed by atoms with Gasteiger partial charge in [-0.3, -0.25) is 0 Å². The van der Waals surface area contributed by atoms with Gasteiger partial charge in [0.05, 0.1) is 0 Å². The molecular weight excluding hydrogens is 298 g/mol. The van der Waals surface area contributed by atoms with Crippen LogP contribution in [0, 0.1) is 0 Å². The van der Waals surface area contributed by atoms with Crippen molar-refractivity contribution in [2.75, 3.05) is 37.4 Å². The number of nitrogens with one attached hydrogen (secondary N) is 1. The number of carbonyl (C=O) groups is 1. The first kappa shape index (κ1) is 13.7. The third-order valence-corrected chi connectivity index (χ3v) is 5.55. The lowest BCUT2D eigenvalue weighted by Crippen LogP contribution is -2.53. The van der Waals surface area contributed by atoms with Gasteiger partial charge in [0.1, 0.15) is 4.66 Å². The normalized spacial score (nSPS) is 18.5. The first-order valence-electron chi connectivity index (χ1n) is 5.08. The van der Waals surface area contributed by atoms with Crippen molar-refractivity contribution in [2.24, 2.45) is 0 Å². The van der Waals surface area contributed by atoms with Crippen molar-refractivity contribution >= 4 is 32.0 Å². The summed E-state index contributed by atoms with van der Waals surface area (Å²) in [5.41, 5.74) is 0. The summed E-state index contributed by atoms with van der Waals surface area (Å²) in [7, 11) is -3.19. The molecule has 1 aliphatic rings. The lowest BCUT2D eigenvalue weighted by molar-refractivity contribution is 0.173. The number of carbonyl (C=O) groups excluding carboxylic acids is 1. The monoisotopic (exact) mass is 313 g/mol. The maximum atomic E-state index is 11.5. The second kappa shape index (κ2) is 5.83. The van der Waals surface area contributed by atoms with Gasteiger partial charge in [0.25, 0.3) is 0 Å². The number of alkyl halides is 1. The summed E-state index contributed by atoms with van der Waals surface area (Å²) in [5, 5.41) is 2.69. The largest absolute Gasteiger partial charge is 0.338 e. The van der Waals surface area contributed by atoms with Gasteiger partial charge in [-0.15, -0.1) is 0 Å². The standard InChI is InChI=1S/C8H16BrN3O3S/c1-2-10-8(13)11-3-5-12(6-4-11)16(14,15)7-9/h2-7H2,1H3,(H,10,13). The number of hydrogen-bond donors (Lipinski definition) is 1. The Morgan fingerprint density at radius 3 is 2.31 bits per heavy atom. The average Bonchev–Trinajstić information content (AvgIpc) is 2.29. The topological polar surface area (TPSA) is 69.7 Å². The molecule has 6 nitrogen and oxygen atoms in total. The summed E-state index contributed by atoms with van der Waals surface area (Å²) in [6.07, 6.45) is 0. The Hall–Kier alpha value is -0.340. The average molecular weight is 314 g/mol. The molecule has 0 aromatic rings. The minimum atomic E-state index is -3.19. The molecule has 1 fully saturated rings. The maximum absolute atomic E-state index is 11.5. The molecule has 0 radical (unpaired) electrons. The van der Waals surface area contributed by atoms with Gasteiger partial charge >= 0.3 is 6.03 Å². The molecule has 0 bridgehead atoms. The number of sulfonamides is 1. The van der Waals surface area contributed by atoms with Gasteiger partial charge in [0, 0.05) is 32.7 Å². The molecular formula is C8H16BrN3O3S. The Bertz CT molecular complexity index is 338. The summed E-state index contributed by atoms with van der Waals surface area (Å²) < 4.78 is 24.4. The van der Waals surface area contributed by atoms with Gasteiger partial charge in [-0.25, -0.2) is 13.2 Å². The van der Waals surface area contributed by atoms with Crippen molar-refractivity contribution in [3.05, 3.63) is 0 Å². The van der Waals surface area contributed by atoms with Crippen molar-refractivity contribution < 1.29 is 13.2 Å². The Balaban J connectivity index is 2.49. The van der Waals surface area contributed by atoms with Gasteiger partial charge in [-0.1, -0.05) is 15.9 Å². The highest BCUT2D eigenvalue weighted by Crippen LogP contribution is 2.09. The minimum absolute atomic E-state index is 0.0683. The zero-order valence-corrected chi connectivity index (χ0v) is 11.6. The van der Waals surface area contributed by atoms with E-state index in [0.29, 0.717) is 32.7 Å². The molecule has 8 heteroatoms. The highest BCUT2D eigenvalue weighted by atomic mass is 79.9. The van der Waals surface area contributed by atoms with E-state index in [1.54, 1.807) is 4.90 Å². The number of piperazine rings is 1. The SMILES string of the molecule is CCNC(=O)N1CCN(S(=O)(=O)CBr)CC1. The zero-order valence-electron chi connectivity index (χ0n) is 9.15. The molecule has 1 N–H and O–H groups in total. The molecule has 0 unspecified atom stereocenters. The van der Waals surface area contributed by atoms with E-state index in [0.717, 1.165) is 0 Å². The first-order chi connectivity index (χ1) is 7.51. The van der Waals surface area contributed by atoms with E-state index in [9.17, 15) is 13.2 Å². The maximum Gasteiger partial charge on any atom is 0.317 e. The molecule has 0 aromatic carbocycles. The van der Waals surface area contributed by atoms with Crippen LogP contribution in [0.3, 0.4) is 0 Å². The molecule has 0 spiro atoms. The van der Waals surface area contributed by atoms with Crippen LogP contribution in [-0.4, -0.2) is 61.0 Å². The summed E-state index contributed by atoms with van der Waals surface area (Å²) in [6.45, 7) is 4.05. The number of rotatable bonds is 3. The highest BCUT2D eigenvalue weighted by Gasteiger charge is 2.27. The predicted octanol–water partition coefficient (Wildman–Crippen LogP) is 0.0157. The van der Waals surface area contributed by atoms with Crippen LogP contribution in [0.2, 0.25) is 0 Å². The van der Waals surface area contributed by atoms with Crippen LogP contribution < -0.4 is 5.32 Å². The molecule has 0 atom stereocenters. The molecule has 16 heavy (non-hydrogen) atoms. The Labute approximate surface area is 104 Å². The zero-order chi connectivity index (χ0) is 12.2. The fourth-order valence-corrected chi connectivity index (χ4v) is 3.23. The molecule has 0 aromatic heterocycles. The van der Waals surface area contributed by atoms with Crippen molar-refractivity contribution in [1.82, 2.24) is 14.5 Å². The molecule has 1 saturated heterocycles. The molecule has 1 heterocycles. The highest BCUT2D eigenvalue weighted by molar-refractivity contribution is 9.10. The quantitative estimate of drug-likeness (QED) is 0.747. The van der Waals surface area contributed by atoms with E-state index in [-0.39, 0.29) is 10.7 Å². The number of urea groups is 1. The van der Waals surface area contributed by atoms with Crippen LogP contribution in [-0.2, 0) is 10.0 Å². The third-order valence-electron chi connectivity index (χ3n) is 2.39. The van der Waals surface area contributed by atoms with Crippen molar-refractivity contribution in [3.63, 3.8) is 0 Å². The fourth-order valence-electron chi connectivity index (χ4n) is 1.50.